The molecule has 1 aromatic heterocycles. The normalized spacial score (nSPS) is 17.5. The maximum Gasteiger partial charge on any atom is 0.245 e. The molecule has 0 amide bonds. The van der Waals surface area contributed by atoms with Gasteiger partial charge in [-0.3, -0.25) is 0 Å². The summed E-state index contributed by atoms with van der Waals surface area (Å²) in [5, 5.41) is 10.4. The standard InChI is InChI=1S/C28H23N3O4S2/c32-37(33,31-16-14-28(15-17-31)22-10-4-2-7-20(22)18-34-28)25-13-12-24(26-27(25)30-35-29-26)36-23-11-5-8-19-6-1-3-9-21(19)23/h1-13H,14-18H2. The third-order valence-corrected chi connectivity index (χ3v) is 10.5. The van der Waals surface area contributed by atoms with Gasteiger partial charge in [-0.1, -0.05) is 72.4 Å². The first-order chi connectivity index (χ1) is 18.1. The molecule has 0 N–H and O–H groups in total. The third-order valence-electron chi connectivity index (χ3n) is 7.47. The molecule has 37 heavy (non-hydrogen) atoms. The quantitative estimate of drug-likeness (QED) is 0.294. The molecule has 0 radical (unpaired) electrons. The zero-order valence-electron chi connectivity index (χ0n) is 19.8. The van der Waals surface area contributed by atoms with Crippen LogP contribution in [0.15, 0.2) is 98.2 Å². The maximum atomic E-state index is 13.8. The van der Waals surface area contributed by atoms with Crippen molar-refractivity contribution in [2.24, 2.45) is 0 Å². The van der Waals surface area contributed by atoms with Crippen molar-refractivity contribution in [1.82, 2.24) is 14.6 Å². The average molecular weight is 530 g/mol. The number of nitrogens with zero attached hydrogens (tertiary/aromatic N) is 3. The summed E-state index contributed by atoms with van der Waals surface area (Å²) in [6.07, 6.45) is 1.22. The minimum absolute atomic E-state index is 0.120. The predicted molar refractivity (Wildman–Crippen MR) is 141 cm³/mol. The summed E-state index contributed by atoms with van der Waals surface area (Å²) in [4.78, 5) is 1.96. The maximum absolute atomic E-state index is 13.8. The minimum Gasteiger partial charge on any atom is -0.365 e. The molecule has 5 aromatic rings. The minimum atomic E-state index is -3.80. The summed E-state index contributed by atoms with van der Waals surface area (Å²) < 4.78 is 40.3. The van der Waals surface area contributed by atoms with E-state index < -0.39 is 15.6 Å². The smallest absolute Gasteiger partial charge is 0.245 e. The van der Waals surface area contributed by atoms with Crippen LogP contribution in [0.4, 0.5) is 0 Å². The Morgan fingerprint density at radius 1 is 0.811 bits per heavy atom. The SMILES string of the molecule is O=S(=O)(c1ccc(Sc2cccc3ccccc23)c2nonc12)N1CCC2(CC1)OCc1ccccc12. The van der Waals surface area contributed by atoms with E-state index in [-0.39, 0.29) is 10.4 Å². The van der Waals surface area contributed by atoms with Crippen LogP contribution in [0.2, 0.25) is 0 Å². The van der Waals surface area contributed by atoms with Crippen LogP contribution in [-0.2, 0) is 27.0 Å². The lowest BCUT2D eigenvalue weighted by Crippen LogP contribution is -2.45. The van der Waals surface area contributed by atoms with E-state index in [0.29, 0.717) is 38.1 Å². The van der Waals surface area contributed by atoms with Crippen molar-refractivity contribution in [3.8, 4) is 0 Å². The number of fused-ring (bicyclic) bond motifs is 4. The fraction of sp³-hybridized carbons (Fsp3) is 0.214. The van der Waals surface area contributed by atoms with Gasteiger partial charge in [0.25, 0.3) is 0 Å². The number of aromatic nitrogens is 2. The highest BCUT2D eigenvalue weighted by Crippen LogP contribution is 2.45. The predicted octanol–water partition coefficient (Wildman–Crippen LogP) is 5.74. The van der Waals surface area contributed by atoms with Gasteiger partial charge in [0, 0.05) is 22.9 Å². The molecule has 3 heterocycles. The Bertz CT molecular complexity index is 1750. The zero-order chi connectivity index (χ0) is 25.0. The molecule has 0 atom stereocenters. The van der Waals surface area contributed by atoms with Crippen LogP contribution in [0.3, 0.4) is 0 Å². The number of sulfonamides is 1. The van der Waals surface area contributed by atoms with E-state index in [1.165, 1.54) is 27.2 Å². The van der Waals surface area contributed by atoms with E-state index in [1.807, 2.05) is 36.4 Å². The van der Waals surface area contributed by atoms with Crippen LogP contribution in [0.5, 0.6) is 0 Å². The highest BCUT2D eigenvalue weighted by atomic mass is 32.2. The summed E-state index contributed by atoms with van der Waals surface area (Å²) in [5.74, 6) is 0. The monoisotopic (exact) mass is 529 g/mol. The van der Waals surface area contributed by atoms with Crippen molar-refractivity contribution < 1.29 is 17.8 Å². The van der Waals surface area contributed by atoms with Gasteiger partial charge in [0.1, 0.15) is 4.90 Å². The molecule has 186 valence electrons. The fourth-order valence-corrected chi connectivity index (χ4v) is 8.15. The summed E-state index contributed by atoms with van der Waals surface area (Å²) in [6, 6.07) is 25.9. The van der Waals surface area contributed by atoms with E-state index in [4.69, 9.17) is 9.37 Å². The van der Waals surface area contributed by atoms with E-state index in [2.05, 4.69) is 40.6 Å². The molecule has 0 aliphatic carbocycles. The van der Waals surface area contributed by atoms with Crippen molar-refractivity contribution in [3.05, 3.63) is 90.0 Å². The van der Waals surface area contributed by atoms with E-state index >= 15 is 0 Å². The molecule has 0 unspecified atom stereocenters. The summed E-state index contributed by atoms with van der Waals surface area (Å²) in [6.45, 7) is 1.32. The van der Waals surface area contributed by atoms with Gasteiger partial charge in [-0.05, 0) is 63.3 Å². The van der Waals surface area contributed by atoms with Crippen LogP contribution in [0, 0.1) is 0 Å². The molecule has 1 fully saturated rings. The fourth-order valence-electron chi connectivity index (χ4n) is 5.54. The van der Waals surface area contributed by atoms with Gasteiger partial charge < -0.3 is 4.74 Å². The first kappa shape index (κ1) is 22.9. The molecule has 2 aliphatic heterocycles. The number of ether oxygens (including phenoxy) is 1. The highest BCUT2D eigenvalue weighted by molar-refractivity contribution is 7.99. The lowest BCUT2D eigenvalue weighted by atomic mass is 9.84. The molecule has 2 aliphatic rings. The molecule has 7 nitrogen and oxygen atoms in total. The topological polar surface area (TPSA) is 85.5 Å². The van der Waals surface area contributed by atoms with Crippen molar-refractivity contribution >= 4 is 43.6 Å². The van der Waals surface area contributed by atoms with E-state index in [0.717, 1.165) is 20.6 Å². The van der Waals surface area contributed by atoms with Gasteiger partial charge >= 0.3 is 0 Å². The Hall–Kier alpha value is -3.24. The van der Waals surface area contributed by atoms with Crippen LogP contribution < -0.4 is 0 Å². The first-order valence-electron chi connectivity index (χ1n) is 12.2. The Morgan fingerprint density at radius 2 is 1.57 bits per heavy atom. The van der Waals surface area contributed by atoms with E-state index in [9.17, 15) is 8.42 Å². The highest BCUT2D eigenvalue weighted by Gasteiger charge is 2.45. The van der Waals surface area contributed by atoms with Gasteiger partial charge in [0.05, 0.1) is 12.2 Å². The summed E-state index contributed by atoms with van der Waals surface area (Å²) in [7, 11) is -3.80. The van der Waals surface area contributed by atoms with Gasteiger partial charge in [-0.15, -0.1) is 0 Å². The first-order valence-corrected chi connectivity index (χ1v) is 14.4. The number of benzene rings is 4. The van der Waals surface area contributed by atoms with Gasteiger partial charge in [0.2, 0.25) is 10.0 Å². The largest absolute Gasteiger partial charge is 0.365 e. The Morgan fingerprint density at radius 3 is 2.46 bits per heavy atom. The van der Waals surface area contributed by atoms with Crippen LogP contribution in [0.25, 0.3) is 21.8 Å². The molecular formula is C28H23N3O4S2. The molecular weight excluding hydrogens is 506 g/mol. The molecule has 9 heteroatoms. The summed E-state index contributed by atoms with van der Waals surface area (Å²) in [5.41, 5.74) is 2.67. The molecule has 0 bridgehead atoms. The molecule has 7 rings (SSSR count). The van der Waals surface area contributed by atoms with Gasteiger partial charge in [-0.25, -0.2) is 13.0 Å². The number of piperidine rings is 1. The Kier molecular flexibility index (Phi) is 5.37. The molecule has 4 aromatic carbocycles. The van der Waals surface area contributed by atoms with Crippen molar-refractivity contribution in [3.63, 3.8) is 0 Å². The van der Waals surface area contributed by atoms with Crippen LogP contribution in [-0.4, -0.2) is 36.1 Å². The lowest BCUT2D eigenvalue weighted by Gasteiger charge is -2.38. The molecule has 1 spiro atoms. The van der Waals surface area contributed by atoms with Gasteiger partial charge in [0.15, 0.2) is 11.0 Å². The second-order valence-corrected chi connectivity index (χ2v) is 12.4. The second-order valence-electron chi connectivity index (χ2n) is 9.45. The van der Waals surface area contributed by atoms with Crippen LogP contribution in [0.1, 0.15) is 24.0 Å². The Labute approximate surface area is 218 Å². The summed E-state index contributed by atoms with van der Waals surface area (Å²) >= 11 is 1.52. The average Bonchev–Trinajstić information content (AvgIpc) is 3.56. The number of hydrogen-bond donors (Lipinski definition) is 0. The molecule has 0 saturated carbocycles. The lowest BCUT2D eigenvalue weighted by molar-refractivity contribution is -0.0688. The second kappa shape index (κ2) is 8.66. The van der Waals surface area contributed by atoms with E-state index in [1.54, 1.807) is 12.1 Å². The third kappa shape index (κ3) is 3.68. The van der Waals surface area contributed by atoms with Crippen molar-refractivity contribution in [2.45, 2.75) is 39.7 Å². The zero-order valence-corrected chi connectivity index (χ0v) is 21.5. The van der Waals surface area contributed by atoms with Crippen molar-refractivity contribution in [2.75, 3.05) is 13.1 Å². The Balaban J connectivity index is 1.19. The number of rotatable bonds is 4. The van der Waals surface area contributed by atoms with Crippen LogP contribution >= 0.6 is 11.8 Å². The van der Waals surface area contributed by atoms with Crippen molar-refractivity contribution in [1.29, 1.82) is 0 Å². The number of hydrogen-bond acceptors (Lipinski definition) is 7. The molecule has 1 saturated heterocycles. The van der Waals surface area contributed by atoms with Gasteiger partial charge in [-0.2, -0.15) is 4.31 Å².